The van der Waals surface area contributed by atoms with Crippen LogP contribution in [0.5, 0.6) is 0 Å². The molecule has 0 aliphatic heterocycles. The lowest BCUT2D eigenvalue weighted by molar-refractivity contribution is -0.143. The summed E-state index contributed by atoms with van der Waals surface area (Å²) in [7, 11) is 0. The molecule has 0 atom stereocenters. The summed E-state index contributed by atoms with van der Waals surface area (Å²) in [5.74, 6) is -0.222. The van der Waals surface area contributed by atoms with Gasteiger partial charge in [-0.15, -0.1) is 0 Å². The fraction of sp³-hybridized carbons (Fsp3) is 0.500. The van der Waals surface area contributed by atoms with E-state index in [2.05, 4.69) is 11.2 Å². The van der Waals surface area contributed by atoms with Crippen molar-refractivity contribution in [3.63, 3.8) is 0 Å². The number of nitrogens with zero attached hydrogens (tertiary/aromatic N) is 3. The second kappa shape index (κ2) is 6.74. The van der Waals surface area contributed by atoms with Crippen LogP contribution in [0.2, 0.25) is 0 Å². The van der Waals surface area contributed by atoms with E-state index in [0.29, 0.717) is 18.7 Å². The summed E-state index contributed by atoms with van der Waals surface area (Å²) in [6.45, 7) is 0.862. The number of nitriles is 1. The van der Waals surface area contributed by atoms with Gasteiger partial charge in [0.15, 0.2) is 0 Å². The average molecular weight is 259 g/mol. The summed E-state index contributed by atoms with van der Waals surface area (Å²) < 4.78 is 6.81. The van der Waals surface area contributed by atoms with Crippen LogP contribution in [-0.4, -0.2) is 22.4 Å². The first-order valence-electron chi connectivity index (χ1n) is 6.54. The van der Waals surface area contributed by atoms with Gasteiger partial charge in [0.2, 0.25) is 0 Å². The van der Waals surface area contributed by atoms with Crippen molar-refractivity contribution in [2.45, 2.75) is 38.6 Å². The number of ether oxygens (including phenoxy) is 1. The zero-order valence-electron chi connectivity index (χ0n) is 10.8. The smallest absolute Gasteiger partial charge is 0.307 e. The van der Waals surface area contributed by atoms with Crippen molar-refractivity contribution in [2.24, 2.45) is 0 Å². The van der Waals surface area contributed by atoms with Crippen molar-refractivity contribution in [3.8, 4) is 6.07 Å². The minimum atomic E-state index is -0.222. The number of carbonyl (C=O) groups is 1. The number of hydrogen-bond donors (Lipinski definition) is 0. The Balaban J connectivity index is 1.69. The Morgan fingerprint density at radius 1 is 1.53 bits per heavy atom. The fourth-order valence-corrected chi connectivity index (χ4v) is 2.03. The molecule has 0 amide bonds. The van der Waals surface area contributed by atoms with E-state index < -0.39 is 0 Å². The van der Waals surface area contributed by atoms with Gasteiger partial charge in [-0.3, -0.25) is 9.48 Å². The van der Waals surface area contributed by atoms with Gasteiger partial charge in [-0.05, 0) is 31.3 Å². The van der Waals surface area contributed by atoms with Gasteiger partial charge >= 0.3 is 5.97 Å². The van der Waals surface area contributed by atoms with Crippen LogP contribution >= 0.6 is 0 Å². The van der Waals surface area contributed by atoms with Crippen LogP contribution in [0.1, 0.15) is 37.7 Å². The van der Waals surface area contributed by atoms with Gasteiger partial charge in [0.25, 0.3) is 0 Å². The molecule has 1 heterocycles. The number of carbonyl (C=O) groups excluding carboxylic acids is 1. The van der Waals surface area contributed by atoms with Crippen molar-refractivity contribution < 1.29 is 9.53 Å². The molecule has 0 bridgehead atoms. The van der Waals surface area contributed by atoms with E-state index in [0.717, 1.165) is 12.8 Å². The molecular formula is C14H17N3O2. The molecule has 0 spiro atoms. The van der Waals surface area contributed by atoms with E-state index in [4.69, 9.17) is 10.00 Å². The molecule has 0 saturated carbocycles. The number of hydrogen-bond acceptors (Lipinski definition) is 4. The fourth-order valence-electron chi connectivity index (χ4n) is 2.03. The third-order valence-corrected chi connectivity index (χ3v) is 3.11. The third-order valence-electron chi connectivity index (χ3n) is 3.11. The lowest BCUT2D eigenvalue weighted by Gasteiger charge is -2.12. The van der Waals surface area contributed by atoms with Crippen LogP contribution in [0.4, 0.5) is 0 Å². The Morgan fingerprint density at radius 3 is 3.11 bits per heavy atom. The molecule has 19 heavy (non-hydrogen) atoms. The van der Waals surface area contributed by atoms with Crippen LogP contribution in [-0.2, 0) is 16.1 Å². The monoisotopic (exact) mass is 259 g/mol. The van der Waals surface area contributed by atoms with E-state index in [9.17, 15) is 4.79 Å². The molecule has 5 heteroatoms. The number of aryl methyl sites for hydroxylation is 1. The van der Waals surface area contributed by atoms with E-state index >= 15 is 0 Å². The molecule has 0 radical (unpaired) electrons. The minimum Gasteiger partial charge on any atom is -0.461 e. The summed E-state index contributed by atoms with van der Waals surface area (Å²) >= 11 is 0. The quantitative estimate of drug-likeness (QED) is 0.600. The number of esters is 1. The average Bonchev–Trinajstić information content (AvgIpc) is 2.92. The maximum absolute atomic E-state index is 11.6. The molecule has 0 unspecified atom stereocenters. The molecule has 100 valence electrons. The van der Waals surface area contributed by atoms with Crippen LogP contribution in [0.3, 0.4) is 0 Å². The molecule has 1 aliphatic carbocycles. The Hall–Kier alpha value is -2.09. The van der Waals surface area contributed by atoms with E-state index in [1.807, 2.05) is 6.07 Å². The van der Waals surface area contributed by atoms with Gasteiger partial charge in [0.1, 0.15) is 12.7 Å². The second-order valence-electron chi connectivity index (χ2n) is 4.62. The van der Waals surface area contributed by atoms with Gasteiger partial charge in [0, 0.05) is 6.20 Å². The minimum absolute atomic E-state index is 0.222. The highest BCUT2D eigenvalue weighted by molar-refractivity contribution is 5.69. The lowest BCUT2D eigenvalue weighted by atomic mass is 10.0. The molecule has 2 rings (SSSR count). The van der Waals surface area contributed by atoms with Crippen LogP contribution in [0.15, 0.2) is 24.0 Å². The Morgan fingerprint density at radius 2 is 2.42 bits per heavy atom. The maximum atomic E-state index is 11.6. The normalized spacial score (nSPS) is 14.6. The van der Waals surface area contributed by atoms with Crippen LogP contribution in [0.25, 0.3) is 0 Å². The summed E-state index contributed by atoms with van der Waals surface area (Å²) in [4.78, 5) is 11.6. The summed E-state index contributed by atoms with van der Waals surface area (Å²) in [6, 6.07) is 2.00. The topological polar surface area (TPSA) is 67.9 Å². The zero-order valence-corrected chi connectivity index (χ0v) is 10.8. The van der Waals surface area contributed by atoms with Crippen molar-refractivity contribution in [1.82, 2.24) is 9.78 Å². The first-order chi connectivity index (χ1) is 9.28. The van der Waals surface area contributed by atoms with Gasteiger partial charge in [-0.1, -0.05) is 6.08 Å². The second-order valence-corrected chi connectivity index (χ2v) is 4.62. The lowest BCUT2D eigenvalue weighted by Crippen LogP contribution is -2.12. The summed E-state index contributed by atoms with van der Waals surface area (Å²) in [5, 5.41) is 12.6. The molecule has 1 aromatic heterocycles. The standard InChI is InChI=1S/C14H17N3O2/c15-8-13-9-16-17(10-13)7-6-14(18)19-11-12-4-2-1-3-5-12/h4,9-10H,1-3,5-7,11H2. The van der Waals surface area contributed by atoms with Crippen molar-refractivity contribution in [2.75, 3.05) is 6.61 Å². The van der Waals surface area contributed by atoms with Crippen LogP contribution in [0, 0.1) is 11.3 Å². The van der Waals surface area contributed by atoms with Gasteiger partial charge < -0.3 is 4.74 Å². The van der Waals surface area contributed by atoms with Crippen molar-refractivity contribution in [1.29, 1.82) is 5.26 Å². The van der Waals surface area contributed by atoms with Gasteiger partial charge in [0.05, 0.1) is 24.7 Å². The zero-order chi connectivity index (χ0) is 13.5. The molecule has 5 nitrogen and oxygen atoms in total. The predicted molar refractivity (Wildman–Crippen MR) is 69.1 cm³/mol. The Kier molecular flexibility index (Phi) is 4.73. The van der Waals surface area contributed by atoms with E-state index in [-0.39, 0.29) is 12.4 Å². The molecule has 0 N–H and O–H groups in total. The highest BCUT2D eigenvalue weighted by Crippen LogP contribution is 2.17. The van der Waals surface area contributed by atoms with Crippen molar-refractivity contribution in [3.05, 3.63) is 29.6 Å². The highest BCUT2D eigenvalue weighted by atomic mass is 16.5. The first-order valence-corrected chi connectivity index (χ1v) is 6.54. The maximum Gasteiger partial charge on any atom is 0.307 e. The van der Waals surface area contributed by atoms with E-state index in [1.165, 1.54) is 24.6 Å². The first kappa shape index (κ1) is 13.3. The predicted octanol–water partition coefficient (Wildman–Crippen LogP) is 2.19. The molecular weight excluding hydrogens is 242 g/mol. The number of allylic oxidation sites excluding steroid dienone is 1. The number of rotatable bonds is 5. The highest BCUT2D eigenvalue weighted by Gasteiger charge is 2.08. The largest absolute Gasteiger partial charge is 0.461 e. The summed E-state index contributed by atoms with van der Waals surface area (Å²) in [6.07, 6.45) is 10.1. The third kappa shape index (κ3) is 4.25. The molecule has 0 aromatic carbocycles. The van der Waals surface area contributed by atoms with E-state index in [1.54, 1.807) is 10.9 Å². The molecule has 0 fully saturated rings. The van der Waals surface area contributed by atoms with Gasteiger partial charge in [-0.2, -0.15) is 10.4 Å². The van der Waals surface area contributed by atoms with Crippen LogP contribution < -0.4 is 0 Å². The Bertz CT molecular complexity index is 511. The van der Waals surface area contributed by atoms with Gasteiger partial charge in [-0.25, -0.2) is 0 Å². The molecule has 0 saturated heterocycles. The Labute approximate surface area is 112 Å². The summed E-state index contributed by atoms with van der Waals surface area (Å²) in [5.41, 5.74) is 1.73. The molecule has 1 aromatic rings. The molecule has 1 aliphatic rings. The number of aromatic nitrogens is 2. The van der Waals surface area contributed by atoms with Crippen molar-refractivity contribution >= 4 is 5.97 Å². The SMILES string of the molecule is N#Cc1cnn(CCC(=O)OCC2=CCCCC2)c1.